The van der Waals surface area contributed by atoms with Gasteiger partial charge in [0.1, 0.15) is 23.9 Å². The first-order valence-electron chi connectivity index (χ1n) is 10.1. The molecule has 0 aliphatic rings. The van der Waals surface area contributed by atoms with Crippen LogP contribution in [0.1, 0.15) is 33.3 Å². The Balaban J connectivity index is 3.16. The summed E-state index contributed by atoms with van der Waals surface area (Å²) in [4.78, 5) is 48.4. The second-order valence-electron chi connectivity index (χ2n) is 8.19. The first-order valence-corrected chi connectivity index (χ1v) is 10.1. The van der Waals surface area contributed by atoms with Crippen LogP contribution in [0.2, 0.25) is 0 Å². The number of nitrogens with one attached hydrogen (secondary N) is 3. The summed E-state index contributed by atoms with van der Waals surface area (Å²) in [6.07, 6.45) is -5.36. The minimum absolute atomic E-state index is 0.0516. The van der Waals surface area contributed by atoms with E-state index in [0.29, 0.717) is 5.56 Å². The summed E-state index contributed by atoms with van der Waals surface area (Å²) in [7, 11) is 0. The number of hydrogen-bond acceptors (Lipinski definition) is 5. The van der Waals surface area contributed by atoms with Gasteiger partial charge in [0.2, 0.25) is 11.8 Å². The Kier molecular flexibility index (Phi) is 9.68. The second kappa shape index (κ2) is 11.5. The van der Waals surface area contributed by atoms with Crippen LogP contribution in [0.5, 0.6) is 5.75 Å². The Morgan fingerprint density at radius 1 is 0.848 bits per heavy atom. The maximum absolute atomic E-state index is 12.8. The predicted octanol–water partition coefficient (Wildman–Crippen LogP) is 1.35. The van der Waals surface area contributed by atoms with Gasteiger partial charge in [0.25, 0.3) is 0 Å². The molecule has 0 unspecified atom stereocenters. The molecule has 3 amide bonds. The first-order chi connectivity index (χ1) is 15.1. The van der Waals surface area contributed by atoms with Crippen LogP contribution in [-0.2, 0) is 25.6 Å². The third-order valence-corrected chi connectivity index (χ3v) is 4.73. The van der Waals surface area contributed by atoms with Crippen molar-refractivity contribution in [2.45, 2.75) is 58.4 Å². The van der Waals surface area contributed by atoms with Gasteiger partial charge in [-0.05, 0) is 29.5 Å². The summed E-state index contributed by atoms with van der Waals surface area (Å²) >= 11 is 0. The highest BCUT2D eigenvalue weighted by Crippen LogP contribution is 2.16. The standard InChI is InChI=1S/C21H28F3N3O6/c1-10(2)15(27-20(33)21(22,23)24)18(30)25-14(9-12-5-7-13(28)8-6-12)17(29)26-16(11(3)4)19(31)32/h5-8,10-11,14-16,28H,9H2,1-4H3,(H,25,30)(H,26,29)(H,27,33)(H,31,32)/t14-,15-,16+/m1/s1. The highest BCUT2D eigenvalue weighted by atomic mass is 19.4. The summed E-state index contributed by atoms with van der Waals surface area (Å²) in [6, 6.07) is 1.35. The second-order valence-corrected chi connectivity index (χ2v) is 8.19. The van der Waals surface area contributed by atoms with E-state index in [0.717, 1.165) is 0 Å². The molecular formula is C21H28F3N3O6. The molecule has 3 atom stereocenters. The maximum atomic E-state index is 12.8. The van der Waals surface area contributed by atoms with Crippen LogP contribution < -0.4 is 16.0 Å². The third kappa shape index (κ3) is 8.62. The van der Waals surface area contributed by atoms with Crippen molar-refractivity contribution in [3.63, 3.8) is 0 Å². The summed E-state index contributed by atoms with van der Waals surface area (Å²) in [5.74, 6) is -6.82. The largest absolute Gasteiger partial charge is 0.508 e. The van der Waals surface area contributed by atoms with Gasteiger partial charge in [-0.1, -0.05) is 39.8 Å². The minimum atomic E-state index is -5.21. The minimum Gasteiger partial charge on any atom is -0.508 e. The lowest BCUT2D eigenvalue weighted by atomic mass is 9.99. The quantitative estimate of drug-likeness (QED) is 0.345. The van der Waals surface area contributed by atoms with Crippen molar-refractivity contribution in [1.29, 1.82) is 0 Å². The van der Waals surface area contributed by atoms with Crippen molar-refractivity contribution in [2.24, 2.45) is 11.8 Å². The van der Waals surface area contributed by atoms with Crippen LogP contribution in [-0.4, -0.2) is 58.2 Å². The normalized spacial score (nSPS) is 14.3. The van der Waals surface area contributed by atoms with Crippen LogP contribution in [0.25, 0.3) is 0 Å². The van der Waals surface area contributed by atoms with Crippen molar-refractivity contribution < 1.29 is 42.6 Å². The number of aliphatic carboxylic acids is 1. The van der Waals surface area contributed by atoms with Crippen molar-refractivity contribution >= 4 is 23.7 Å². The van der Waals surface area contributed by atoms with Crippen LogP contribution in [0.3, 0.4) is 0 Å². The molecule has 0 aliphatic heterocycles. The molecule has 0 radical (unpaired) electrons. The topological polar surface area (TPSA) is 145 Å². The van der Waals surface area contributed by atoms with Gasteiger partial charge < -0.3 is 26.2 Å². The molecule has 1 aromatic rings. The van der Waals surface area contributed by atoms with Crippen LogP contribution >= 0.6 is 0 Å². The number of carboxylic acid groups (broad SMARTS) is 1. The van der Waals surface area contributed by atoms with Crippen LogP contribution in [0.15, 0.2) is 24.3 Å². The summed E-state index contributed by atoms with van der Waals surface area (Å²) in [5.41, 5.74) is 0.477. The molecular weight excluding hydrogens is 447 g/mol. The zero-order valence-corrected chi connectivity index (χ0v) is 18.6. The zero-order valence-electron chi connectivity index (χ0n) is 18.6. The monoisotopic (exact) mass is 475 g/mol. The number of carbonyl (C=O) groups is 4. The molecule has 12 heteroatoms. The molecule has 0 bridgehead atoms. The van der Waals surface area contributed by atoms with E-state index >= 15 is 0 Å². The molecule has 0 aromatic heterocycles. The maximum Gasteiger partial charge on any atom is 0.471 e. The fourth-order valence-electron chi connectivity index (χ4n) is 2.86. The van der Waals surface area contributed by atoms with Gasteiger partial charge in [-0.3, -0.25) is 14.4 Å². The van der Waals surface area contributed by atoms with Gasteiger partial charge in [-0.2, -0.15) is 13.2 Å². The highest BCUT2D eigenvalue weighted by molar-refractivity contribution is 5.94. The predicted molar refractivity (Wildman–Crippen MR) is 111 cm³/mol. The number of carbonyl (C=O) groups excluding carboxylic acids is 3. The molecule has 0 fully saturated rings. The fourth-order valence-corrected chi connectivity index (χ4v) is 2.86. The molecule has 33 heavy (non-hydrogen) atoms. The van der Waals surface area contributed by atoms with E-state index in [4.69, 9.17) is 0 Å². The Hall–Kier alpha value is -3.31. The average Bonchev–Trinajstić information content (AvgIpc) is 2.69. The smallest absolute Gasteiger partial charge is 0.471 e. The molecule has 184 valence electrons. The molecule has 9 nitrogen and oxygen atoms in total. The Morgan fingerprint density at radius 2 is 1.36 bits per heavy atom. The SMILES string of the molecule is CC(C)[C@H](NC(=O)[C@@H](Cc1ccc(O)cc1)NC(=O)[C@H](NC(=O)C(F)(F)F)C(C)C)C(=O)O. The van der Waals surface area contributed by atoms with Crippen molar-refractivity contribution in [3.05, 3.63) is 29.8 Å². The molecule has 0 aliphatic carbocycles. The summed E-state index contributed by atoms with van der Waals surface area (Å²) in [6.45, 7) is 5.95. The number of alkyl halides is 3. The molecule has 5 N–H and O–H groups in total. The number of aromatic hydroxyl groups is 1. The number of rotatable bonds is 10. The average molecular weight is 475 g/mol. The van der Waals surface area contributed by atoms with Crippen LogP contribution in [0, 0.1) is 11.8 Å². The van der Waals surface area contributed by atoms with Crippen molar-refractivity contribution in [1.82, 2.24) is 16.0 Å². The lowest BCUT2D eigenvalue weighted by Crippen LogP contribution is -2.59. The Labute approximate surface area is 188 Å². The number of halogens is 3. The molecule has 1 aromatic carbocycles. The number of carboxylic acids is 1. The van der Waals surface area contributed by atoms with Gasteiger partial charge in [-0.25, -0.2) is 4.79 Å². The van der Waals surface area contributed by atoms with Gasteiger partial charge >= 0.3 is 18.1 Å². The first kappa shape index (κ1) is 27.7. The molecule has 0 spiro atoms. The lowest BCUT2D eigenvalue weighted by molar-refractivity contribution is -0.175. The number of hydrogen-bond donors (Lipinski definition) is 5. The van der Waals surface area contributed by atoms with Gasteiger partial charge in [0.05, 0.1) is 0 Å². The van der Waals surface area contributed by atoms with E-state index in [1.54, 1.807) is 19.2 Å². The van der Waals surface area contributed by atoms with Crippen molar-refractivity contribution in [3.8, 4) is 5.75 Å². The molecule has 1 rings (SSSR count). The lowest BCUT2D eigenvalue weighted by Gasteiger charge is -2.27. The van der Waals surface area contributed by atoms with E-state index in [1.807, 2.05) is 0 Å². The number of amides is 3. The fraction of sp³-hybridized carbons (Fsp3) is 0.524. The highest BCUT2D eigenvalue weighted by Gasteiger charge is 2.42. The van der Waals surface area contributed by atoms with E-state index in [-0.39, 0.29) is 12.2 Å². The summed E-state index contributed by atoms with van der Waals surface area (Å²) < 4.78 is 38.0. The summed E-state index contributed by atoms with van der Waals surface area (Å²) in [5, 5.41) is 25.0. The number of phenols is 1. The van der Waals surface area contributed by atoms with Crippen molar-refractivity contribution in [2.75, 3.05) is 0 Å². The van der Waals surface area contributed by atoms with E-state index < -0.39 is 59.8 Å². The van der Waals surface area contributed by atoms with E-state index in [1.165, 1.54) is 38.1 Å². The molecule has 0 saturated carbocycles. The van der Waals surface area contributed by atoms with Gasteiger partial charge in [-0.15, -0.1) is 0 Å². The van der Waals surface area contributed by atoms with Crippen LogP contribution in [0.4, 0.5) is 13.2 Å². The molecule has 0 heterocycles. The Bertz CT molecular complexity index is 856. The van der Waals surface area contributed by atoms with Gasteiger partial charge in [0.15, 0.2) is 0 Å². The zero-order chi connectivity index (χ0) is 25.5. The third-order valence-electron chi connectivity index (χ3n) is 4.73. The van der Waals surface area contributed by atoms with Gasteiger partial charge in [0, 0.05) is 6.42 Å². The van der Waals surface area contributed by atoms with E-state index in [2.05, 4.69) is 10.6 Å². The Morgan fingerprint density at radius 3 is 1.79 bits per heavy atom. The van der Waals surface area contributed by atoms with E-state index in [9.17, 15) is 42.6 Å². The molecule has 0 saturated heterocycles. The number of benzene rings is 1. The number of phenolic OH excluding ortho intramolecular Hbond substituents is 1.